The lowest BCUT2D eigenvalue weighted by molar-refractivity contribution is 0.222. The number of hydrogen-bond donors (Lipinski definition) is 1. The number of aromatic nitrogens is 3. The molecule has 0 aliphatic heterocycles. The first-order valence-electron chi connectivity index (χ1n) is 6.20. The van der Waals surface area contributed by atoms with E-state index in [1.165, 1.54) is 0 Å². The maximum Gasteiger partial charge on any atom is 0.322 e. The third-order valence-corrected chi connectivity index (χ3v) is 2.54. The van der Waals surface area contributed by atoms with Gasteiger partial charge in [-0.3, -0.25) is 0 Å². The van der Waals surface area contributed by atoms with Gasteiger partial charge in [0.25, 0.3) is 0 Å². The molecule has 1 aromatic carbocycles. The molecule has 0 spiro atoms. The highest BCUT2D eigenvalue weighted by Crippen LogP contribution is 2.15. The number of nitrogens with zero attached hydrogens (tertiary/aromatic N) is 3. The summed E-state index contributed by atoms with van der Waals surface area (Å²) in [4.78, 5) is 11.6. The Morgan fingerprint density at radius 1 is 1.24 bits per heavy atom. The van der Waals surface area contributed by atoms with Crippen molar-refractivity contribution in [3.63, 3.8) is 0 Å². The predicted molar refractivity (Wildman–Crippen MR) is 74.3 cm³/mol. The molecular weight excluding hydrogens is 302 g/mol. The summed E-state index contributed by atoms with van der Waals surface area (Å²) in [7, 11) is 0. The van der Waals surface area contributed by atoms with Gasteiger partial charge < -0.3 is 10.1 Å². The fourth-order valence-electron chi connectivity index (χ4n) is 1.53. The van der Waals surface area contributed by atoms with Crippen LogP contribution in [-0.2, 0) is 6.54 Å². The van der Waals surface area contributed by atoms with Gasteiger partial charge in [0, 0.05) is 12.1 Å². The molecule has 112 valence electrons. The van der Waals surface area contributed by atoms with Crippen LogP contribution in [0.1, 0.15) is 19.4 Å². The summed E-state index contributed by atoms with van der Waals surface area (Å²) >= 11 is 5.76. The van der Waals surface area contributed by atoms with Crippen molar-refractivity contribution in [3.8, 4) is 6.01 Å². The molecule has 21 heavy (non-hydrogen) atoms. The molecule has 0 aliphatic carbocycles. The van der Waals surface area contributed by atoms with Crippen molar-refractivity contribution in [1.29, 1.82) is 0 Å². The first kappa shape index (κ1) is 15.4. The Bertz CT molecular complexity index is 640. The maximum absolute atomic E-state index is 13.5. The Morgan fingerprint density at radius 2 is 2.00 bits per heavy atom. The van der Waals surface area contributed by atoms with E-state index >= 15 is 0 Å². The number of rotatable bonds is 5. The molecule has 0 amide bonds. The van der Waals surface area contributed by atoms with Crippen molar-refractivity contribution in [2.75, 3.05) is 5.32 Å². The Morgan fingerprint density at radius 3 is 2.71 bits per heavy atom. The van der Waals surface area contributed by atoms with Crippen LogP contribution in [-0.4, -0.2) is 21.1 Å². The number of nitrogens with one attached hydrogen (secondary N) is 1. The Hall–Kier alpha value is -2.02. The quantitative estimate of drug-likeness (QED) is 0.918. The van der Waals surface area contributed by atoms with Crippen molar-refractivity contribution >= 4 is 17.5 Å². The number of anilines is 1. The molecule has 1 aromatic heterocycles. The summed E-state index contributed by atoms with van der Waals surface area (Å²) in [6.07, 6.45) is -0.128. The molecule has 0 saturated carbocycles. The van der Waals surface area contributed by atoms with E-state index in [1.807, 2.05) is 13.8 Å². The van der Waals surface area contributed by atoms with E-state index in [0.29, 0.717) is 0 Å². The van der Waals surface area contributed by atoms with Crippen molar-refractivity contribution < 1.29 is 13.5 Å². The van der Waals surface area contributed by atoms with Gasteiger partial charge >= 0.3 is 6.01 Å². The monoisotopic (exact) mass is 314 g/mol. The Labute approximate surface area is 125 Å². The van der Waals surface area contributed by atoms with E-state index in [2.05, 4.69) is 20.3 Å². The molecule has 0 radical (unpaired) electrons. The van der Waals surface area contributed by atoms with Crippen LogP contribution in [0.15, 0.2) is 18.2 Å². The van der Waals surface area contributed by atoms with E-state index < -0.39 is 11.6 Å². The van der Waals surface area contributed by atoms with Crippen molar-refractivity contribution in [1.82, 2.24) is 15.0 Å². The summed E-state index contributed by atoms with van der Waals surface area (Å²) < 4.78 is 31.9. The van der Waals surface area contributed by atoms with Crippen LogP contribution in [0.4, 0.5) is 14.7 Å². The van der Waals surface area contributed by atoms with Crippen molar-refractivity contribution in [2.45, 2.75) is 26.5 Å². The largest absolute Gasteiger partial charge is 0.461 e. The van der Waals surface area contributed by atoms with Crippen LogP contribution in [0.3, 0.4) is 0 Å². The summed E-state index contributed by atoms with van der Waals surface area (Å²) in [6, 6.07) is 3.26. The van der Waals surface area contributed by atoms with Crippen LogP contribution < -0.4 is 10.1 Å². The summed E-state index contributed by atoms with van der Waals surface area (Å²) in [5.41, 5.74) is 0.151. The molecule has 5 nitrogen and oxygen atoms in total. The average Bonchev–Trinajstić information content (AvgIpc) is 2.38. The lowest BCUT2D eigenvalue weighted by atomic mass is 10.2. The van der Waals surface area contributed by atoms with Gasteiger partial charge in [0.1, 0.15) is 11.6 Å². The minimum atomic E-state index is -0.525. The zero-order valence-corrected chi connectivity index (χ0v) is 12.2. The van der Waals surface area contributed by atoms with Gasteiger partial charge in [0.2, 0.25) is 11.2 Å². The first-order chi connectivity index (χ1) is 9.94. The normalized spacial score (nSPS) is 10.8. The topological polar surface area (TPSA) is 59.9 Å². The SMILES string of the molecule is CC(C)Oc1nc(Cl)nc(NCc2cc(F)ccc2F)n1. The molecule has 0 bridgehead atoms. The van der Waals surface area contributed by atoms with Gasteiger partial charge in [0.15, 0.2) is 0 Å². The lowest BCUT2D eigenvalue weighted by Crippen LogP contribution is -2.12. The highest BCUT2D eigenvalue weighted by Gasteiger charge is 2.09. The average molecular weight is 315 g/mol. The molecule has 8 heteroatoms. The van der Waals surface area contributed by atoms with Gasteiger partial charge in [0.05, 0.1) is 6.10 Å². The second-order valence-electron chi connectivity index (χ2n) is 4.47. The second kappa shape index (κ2) is 6.62. The predicted octanol–water partition coefficient (Wildman–Crippen LogP) is 3.20. The Balaban J connectivity index is 2.12. The van der Waals surface area contributed by atoms with Gasteiger partial charge in [-0.1, -0.05) is 0 Å². The zero-order chi connectivity index (χ0) is 15.4. The molecule has 2 rings (SSSR count). The molecule has 1 heterocycles. The van der Waals surface area contributed by atoms with Crippen molar-refractivity contribution in [3.05, 3.63) is 40.7 Å². The van der Waals surface area contributed by atoms with Crippen LogP contribution in [0.5, 0.6) is 6.01 Å². The number of halogens is 3. The van der Waals surface area contributed by atoms with Crippen LogP contribution >= 0.6 is 11.6 Å². The fraction of sp³-hybridized carbons (Fsp3) is 0.308. The highest BCUT2D eigenvalue weighted by molar-refractivity contribution is 6.28. The molecule has 0 fully saturated rings. The molecule has 0 aliphatic rings. The van der Waals surface area contributed by atoms with Gasteiger partial charge in [-0.2, -0.15) is 15.0 Å². The van der Waals surface area contributed by atoms with E-state index in [-0.39, 0.29) is 35.5 Å². The third kappa shape index (κ3) is 4.49. The summed E-state index contributed by atoms with van der Waals surface area (Å²) in [5.74, 6) is -0.928. The van der Waals surface area contributed by atoms with Gasteiger partial charge in [-0.05, 0) is 43.6 Å². The molecule has 2 aromatic rings. The van der Waals surface area contributed by atoms with E-state index in [4.69, 9.17) is 16.3 Å². The minimum Gasteiger partial charge on any atom is -0.461 e. The maximum atomic E-state index is 13.5. The molecular formula is C13H13ClF2N4O. The van der Waals surface area contributed by atoms with Gasteiger partial charge in [-0.15, -0.1) is 0 Å². The fourth-order valence-corrected chi connectivity index (χ4v) is 1.68. The minimum absolute atomic E-state index is 0.00501. The number of ether oxygens (including phenoxy) is 1. The van der Waals surface area contributed by atoms with E-state index in [9.17, 15) is 8.78 Å². The molecule has 0 atom stereocenters. The van der Waals surface area contributed by atoms with E-state index in [1.54, 1.807) is 0 Å². The van der Waals surface area contributed by atoms with Crippen molar-refractivity contribution in [2.24, 2.45) is 0 Å². The van der Waals surface area contributed by atoms with Crippen LogP contribution in [0, 0.1) is 11.6 Å². The summed E-state index contributed by atoms with van der Waals surface area (Å²) in [6.45, 7) is 3.63. The molecule has 1 N–H and O–H groups in total. The smallest absolute Gasteiger partial charge is 0.322 e. The number of hydrogen-bond acceptors (Lipinski definition) is 5. The second-order valence-corrected chi connectivity index (χ2v) is 4.80. The first-order valence-corrected chi connectivity index (χ1v) is 6.58. The zero-order valence-electron chi connectivity index (χ0n) is 11.4. The van der Waals surface area contributed by atoms with Gasteiger partial charge in [-0.25, -0.2) is 8.78 Å². The summed E-state index contributed by atoms with van der Waals surface area (Å²) in [5, 5.41) is 2.70. The molecule has 0 saturated heterocycles. The van der Waals surface area contributed by atoms with Crippen LogP contribution in [0.25, 0.3) is 0 Å². The lowest BCUT2D eigenvalue weighted by Gasteiger charge is -2.10. The highest BCUT2D eigenvalue weighted by atomic mass is 35.5. The molecule has 0 unspecified atom stereocenters. The van der Waals surface area contributed by atoms with E-state index in [0.717, 1.165) is 18.2 Å². The Kier molecular flexibility index (Phi) is 4.85. The third-order valence-electron chi connectivity index (χ3n) is 2.37. The standard InChI is InChI=1S/C13H13ClF2N4O/c1-7(2)21-13-19-11(14)18-12(20-13)17-6-8-5-9(15)3-4-10(8)16/h3-5,7H,6H2,1-2H3,(H,17,18,19,20). The number of benzene rings is 1. The van der Waals surface area contributed by atoms with Crippen LogP contribution in [0.2, 0.25) is 5.28 Å².